The molecule has 23 heavy (non-hydrogen) atoms. The SMILES string of the molecule is CCC(C)SP(=O)(NC)N(C=Nc1ccc(C)cc1)CCC#N. The van der Waals surface area contributed by atoms with Gasteiger partial charge < -0.3 is 0 Å². The summed E-state index contributed by atoms with van der Waals surface area (Å²) in [5.74, 6) is 0. The third kappa shape index (κ3) is 6.39. The van der Waals surface area contributed by atoms with E-state index in [9.17, 15) is 4.57 Å². The van der Waals surface area contributed by atoms with Gasteiger partial charge in [0, 0.05) is 11.8 Å². The van der Waals surface area contributed by atoms with Crippen LogP contribution < -0.4 is 5.09 Å². The fraction of sp³-hybridized carbons (Fsp3) is 0.500. The Morgan fingerprint density at radius 2 is 2.13 bits per heavy atom. The van der Waals surface area contributed by atoms with Crippen molar-refractivity contribution < 1.29 is 4.57 Å². The predicted molar refractivity (Wildman–Crippen MR) is 100 cm³/mol. The minimum absolute atomic E-state index is 0.255. The highest BCUT2D eigenvalue weighted by molar-refractivity contribution is 8.57. The summed E-state index contributed by atoms with van der Waals surface area (Å²) in [6.45, 7) is 3.66. The Balaban J connectivity index is 2.99. The molecule has 1 aromatic carbocycles. The van der Waals surface area contributed by atoms with Crippen LogP contribution in [0, 0.1) is 18.3 Å². The molecule has 2 atom stereocenters. The molecule has 7 heteroatoms. The van der Waals surface area contributed by atoms with Gasteiger partial charge in [0.1, 0.15) is 0 Å². The molecule has 0 aliphatic carbocycles. The first-order valence-electron chi connectivity index (χ1n) is 7.67. The average molecular weight is 352 g/mol. The Labute approximate surface area is 143 Å². The number of aryl methyl sites for hydroxylation is 1. The van der Waals surface area contributed by atoms with Crippen molar-refractivity contribution in [3.63, 3.8) is 0 Å². The molecule has 0 saturated carbocycles. The summed E-state index contributed by atoms with van der Waals surface area (Å²) >= 11 is 1.41. The number of hydrogen-bond acceptors (Lipinski definition) is 4. The van der Waals surface area contributed by atoms with Crippen LogP contribution in [0.2, 0.25) is 0 Å². The number of nitrogens with one attached hydrogen (secondary N) is 1. The van der Waals surface area contributed by atoms with Crippen LogP contribution in [0.4, 0.5) is 5.69 Å². The third-order valence-corrected chi connectivity index (χ3v) is 8.98. The Hall–Kier alpha value is -1.28. The van der Waals surface area contributed by atoms with Gasteiger partial charge in [-0.05, 0) is 32.5 Å². The van der Waals surface area contributed by atoms with Crippen LogP contribution in [0.1, 0.15) is 32.3 Å². The topological polar surface area (TPSA) is 68.5 Å². The fourth-order valence-electron chi connectivity index (χ4n) is 1.75. The van der Waals surface area contributed by atoms with Crippen molar-refractivity contribution in [2.75, 3.05) is 13.6 Å². The van der Waals surface area contributed by atoms with Gasteiger partial charge in [-0.2, -0.15) is 5.26 Å². The summed E-state index contributed by atoms with van der Waals surface area (Å²) in [4.78, 5) is 4.41. The van der Waals surface area contributed by atoms with E-state index >= 15 is 0 Å². The smallest absolute Gasteiger partial charge is 0.292 e. The monoisotopic (exact) mass is 352 g/mol. The van der Waals surface area contributed by atoms with E-state index in [1.165, 1.54) is 16.9 Å². The number of aliphatic imine (C=N–C) groups is 1. The molecule has 0 aliphatic rings. The van der Waals surface area contributed by atoms with Crippen molar-refractivity contribution in [1.29, 1.82) is 5.26 Å². The number of nitriles is 1. The zero-order valence-electron chi connectivity index (χ0n) is 14.2. The van der Waals surface area contributed by atoms with Gasteiger partial charge >= 0.3 is 0 Å². The second-order valence-corrected chi connectivity index (χ2v) is 10.4. The molecule has 1 rings (SSSR count). The number of rotatable bonds is 9. The van der Waals surface area contributed by atoms with Crippen LogP contribution in [-0.4, -0.2) is 29.9 Å². The van der Waals surface area contributed by atoms with E-state index in [-0.39, 0.29) is 5.25 Å². The fourth-order valence-corrected chi connectivity index (χ4v) is 6.38. The summed E-state index contributed by atoms with van der Waals surface area (Å²) in [6.07, 6.45) is 2.82. The van der Waals surface area contributed by atoms with Crippen LogP contribution in [0.3, 0.4) is 0 Å². The molecule has 1 aromatic rings. The van der Waals surface area contributed by atoms with Crippen LogP contribution in [0.15, 0.2) is 29.3 Å². The van der Waals surface area contributed by atoms with Gasteiger partial charge in [0.15, 0.2) is 0 Å². The predicted octanol–water partition coefficient (Wildman–Crippen LogP) is 4.73. The zero-order valence-corrected chi connectivity index (χ0v) is 15.9. The van der Waals surface area contributed by atoms with Gasteiger partial charge in [-0.3, -0.25) is 9.24 Å². The molecule has 0 aromatic heterocycles. The van der Waals surface area contributed by atoms with Gasteiger partial charge in [-0.25, -0.2) is 10.1 Å². The summed E-state index contributed by atoms with van der Waals surface area (Å²) in [7, 11) is 1.69. The first kappa shape index (κ1) is 19.8. The molecule has 126 valence electrons. The summed E-state index contributed by atoms with van der Waals surface area (Å²) in [5, 5.41) is 12.1. The largest absolute Gasteiger partial charge is 0.293 e. The maximum atomic E-state index is 13.2. The second-order valence-electron chi connectivity index (χ2n) is 5.22. The second kappa shape index (κ2) is 9.77. The minimum atomic E-state index is -2.86. The standard InChI is InChI=1S/C16H25N4OPS/c1-5-15(3)23-22(21,18-4)20(12-6-11-17)13-19-16-9-7-14(2)8-10-16/h7-10,13,15H,5-6,12H2,1-4H3,(H,18,21). The molecule has 0 heterocycles. The van der Waals surface area contributed by atoms with Gasteiger partial charge in [0.2, 0.25) is 0 Å². The maximum Gasteiger partial charge on any atom is 0.293 e. The Bertz CT molecular complexity index is 597. The molecule has 2 unspecified atom stereocenters. The highest BCUT2D eigenvalue weighted by atomic mass is 32.7. The lowest BCUT2D eigenvalue weighted by molar-refractivity contribution is 0.530. The molecule has 1 N–H and O–H groups in total. The van der Waals surface area contributed by atoms with Crippen LogP contribution in [0.25, 0.3) is 0 Å². The number of nitrogens with zero attached hydrogens (tertiary/aromatic N) is 3. The molecule has 0 saturated heterocycles. The van der Waals surface area contributed by atoms with E-state index < -0.39 is 6.65 Å². The van der Waals surface area contributed by atoms with Crippen molar-refractivity contribution >= 4 is 30.1 Å². The molecule has 0 fully saturated rings. The molecule has 5 nitrogen and oxygen atoms in total. The number of hydrogen-bond donors (Lipinski definition) is 1. The highest BCUT2D eigenvalue weighted by Crippen LogP contribution is 2.59. The van der Waals surface area contributed by atoms with Crippen LogP contribution in [-0.2, 0) is 4.57 Å². The van der Waals surface area contributed by atoms with Crippen LogP contribution >= 0.6 is 18.0 Å². The van der Waals surface area contributed by atoms with Crippen molar-refractivity contribution in [2.24, 2.45) is 4.99 Å². The van der Waals surface area contributed by atoms with E-state index in [1.54, 1.807) is 18.1 Å². The molecule has 0 radical (unpaired) electrons. The van der Waals surface area contributed by atoms with Crippen molar-refractivity contribution in [2.45, 2.75) is 38.9 Å². The van der Waals surface area contributed by atoms with Gasteiger partial charge in [-0.1, -0.05) is 42.9 Å². The van der Waals surface area contributed by atoms with Crippen molar-refractivity contribution in [1.82, 2.24) is 9.76 Å². The molecule has 0 bridgehead atoms. The third-order valence-electron chi connectivity index (χ3n) is 3.35. The summed E-state index contributed by atoms with van der Waals surface area (Å²) < 4.78 is 14.9. The molecule has 0 spiro atoms. The number of benzene rings is 1. The van der Waals surface area contributed by atoms with Crippen molar-refractivity contribution in [3.05, 3.63) is 29.8 Å². The first-order chi connectivity index (χ1) is 10.9. The molecule has 0 aliphatic heterocycles. The average Bonchev–Trinajstić information content (AvgIpc) is 2.56. The lowest BCUT2D eigenvalue weighted by Gasteiger charge is -2.29. The Kier molecular flexibility index (Phi) is 8.40. The maximum absolute atomic E-state index is 13.2. The van der Waals surface area contributed by atoms with Gasteiger partial charge in [0.05, 0.1) is 24.5 Å². The molecular formula is C16H25N4OPS. The summed E-state index contributed by atoms with van der Waals surface area (Å²) in [5.41, 5.74) is 1.97. The first-order valence-corrected chi connectivity index (χ1v) is 10.8. The normalized spacial score (nSPS) is 15.1. The summed E-state index contributed by atoms with van der Waals surface area (Å²) in [6, 6.07) is 9.91. The molecule has 0 amide bonds. The van der Waals surface area contributed by atoms with E-state index in [0.29, 0.717) is 13.0 Å². The van der Waals surface area contributed by atoms with Crippen LogP contribution in [0.5, 0.6) is 0 Å². The van der Waals surface area contributed by atoms with E-state index in [2.05, 4.69) is 23.1 Å². The van der Waals surface area contributed by atoms with Gasteiger partial charge in [0.25, 0.3) is 6.65 Å². The highest BCUT2D eigenvalue weighted by Gasteiger charge is 2.29. The lowest BCUT2D eigenvalue weighted by Crippen LogP contribution is -2.25. The van der Waals surface area contributed by atoms with Gasteiger partial charge in [-0.15, -0.1) is 0 Å². The lowest BCUT2D eigenvalue weighted by atomic mass is 10.2. The Morgan fingerprint density at radius 1 is 1.48 bits per heavy atom. The van der Waals surface area contributed by atoms with E-state index in [1.807, 2.05) is 38.1 Å². The van der Waals surface area contributed by atoms with Crippen molar-refractivity contribution in [3.8, 4) is 6.07 Å². The Morgan fingerprint density at radius 3 is 2.65 bits per heavy atom. The quantitative estimate of drug-likeness (QED) is 0.395. The minimum Gasteiger partial charge on any atom is -0.292 e. The van der Waals surface area contributed by atoms with E-state index in [0.717, 1.165) is 12.1 Å². The molecular weight excluding hydrogens is 327 g/mol. The van der Waals surface area contributed by atoms with E-state index in [4.69, 9.17) is 5.26 Å². The zero-order chi connectivity index (χ0) is 17.3.